The van der Waals surface area contributed by atoms with E-state index < -0.39 is 0 Å². The van der Waals surface area contributed by atoms with Crippen molar-refractivity contribution in [2.45, 2.75) is 20.3 Å². The summed E-state index contributed by atoms with van der Waals surface area (Å²) in [6, 6.07) is 23.2. The molecular weight excluding hydrogens is 410 g/mol. The monoisotopic (exact) mass is 443 g/mol. The molecule has 33 heavy (non-hydrogen) atoms. The van der Waals surface area contributed by atoms with Gasteiger partial charge in [-0.1, -0.05) is 44.2 Å². The number of allylic oxidation sites excluding steroid dienone is 1. The predicted octanol–water partition coefficient (Wildman–Crippen LogP) is 5.94. The Hall–Kier alpha value is -3.24. The van der Waals surface area contributed by atoms with Crippen LogP contribution in [0.4, 0.5) is 0 Å². The zero-order chi connectivity index (χ0) is 23.2. The Morgan fingerprint density at radius 1 is 0.727 bits per heavy atom. The molecule has 4 rings (SSSR count). The topological polar surface area (TPSA) is 30.9 Å². The van der Waals surface area contributed by atoms with E-state index in [9.17, 15) is 0 Å². The maximum absolute atomic E-state index is 6.00. The van der Waals surface area contributed by atoms with Crippen LogP contribution in [0.3, 0.4) is 0 Å². The van der Waals surface area contributed by atoms with Crippen LogP contribution in [-0.2, 0) is 6.42 Å². The highest BCUT2D eigenvalue weighted by Crippen LogP contribution is 2.43. The van der Waals surface area contributed by atoms with Gasteiger partial charge in [0.25, 0.3) is 0 Å². The first-order valence-corrected chi connectivity index (χ1v) is 11.7. The van der Waals surface area contributed by atoms with E-state index in [0.717, 1.165) is 43.3 Å². The number of methoxy groups -OCH3 is 2. The average molecular weight is 444 g/mol. The average Bonchev–Trinajstić information content (AvgIpc) is 3.25. The standard InChI is InChI=1S/C29H33NO3/c1-5-30(6-2)17-18-33-25-13-7-21(8-14-25)28-20-23-19-26(32-4)15-16-27(23)29(28)22-9-11-24(31-3)12-10-22/h7-16,19H,5-6,17-18,20H2,1-4H3. The molecule has 0 saturated carbocycles. The van der Waals surface area contributed by atoms with Crippen LogP contribution in [0.5, 0.6) is 17.2 Å². The molecule has 1 aliphatic rings. The molecule has 3 aromatic rings. The Morgan fingerprint density at radius 3 is 1.97 bits per heavy atom. The van der Waals surface area contributed by atoms with Gasteiger partial charge in [-0.2, -0.15) is 0 Å². The maximum atomic E-state index is 6.00. The van der Waals surface area contributed by atoms with Gasteiger partial charge in [-0.05, 0) is 89.3 Å². The van der Waals surface area contributed by atoms with E-state index >= 15 is 0 Å². The molecule has 0 amide bonds. The van der Waals surface area contributed by atoms with E-state index in [-0.39, 0.29) is 0 Å². The SMILES string of the molecule is CCN(CC)CCOc1ccc(C2=C(c3ccc(OC)cc3)c3ccc(OC)cc3C2)cc1. The normalized spacial score (nSPS) is 12.8. The van der Waals surface area contributed by atoms with Crippen molar-refractivity contribution in [2.75, 3.05) is 40.5 Å². The summed E-state index contributed by atoms with van der Waals surface area (Å²) in [6.45, 7) is 8.10. The molecule has 4 nitrogen and oxygen atoms in total. The van der Waals surface area contributed by atoms with Gasteiger partial charge in [0.1, 0.15) is 23.9 Å². The quantitative estimate of drug-likeness (QED) is 0.388. The summed E-state index contributed by atoms with van der Waals surface area (Å²) in [5.74, 6) is 2.66. The molecule has 4 heteroatoms. The number of nitrogens with zero attached hydrogens (tertiary/aromatic N) is 1. The second kappa shape index (κ2) is 10.6. The minimum atomic E-state index is 0.700. The molecule has 0 spiro atoms. The third kappa shape index (κ3) is 5.07. The summed E-state index contributed by atoms with van der Waals surface area (Å²) in [7, 11) is 3.41. The molecule has 0 heterocycles. The minimum absolute atomic E-state index is 0.700. The Kier molecular flexibility index (Phi) is 7.36. The van der Waals surface area contributed by atoms with Crippen LogP contribution in [0.2, 0.25) is 0 Å². The van der Waals surface area contributed by atoms with Crippen LogP contribution in [0, 0.1) is 0 Å². The Labute approximate surface area is 197 Å². The van der Waals surface area contributed by atoms with Gasteiger partial charge in [-0.3, -0.25) is 0 Å². The lowest BCUT2D eigenvalue weighted by atomic mass is 9.94. The first-order valence-electron chi connectivity index (χ1n) is 11.7. The second-order valence-electron chi connectivity index (χ2n) is 8.18. The van der Waals surface area contributed by atoms with Crippen LogP contribution in [0.1, 0.15) is 36.1 Å². The first-order chi connectivity index (χ1) is 16.2. The lowest BCUT2D eigenvalue weighted by Crippen LogP contribution is -2.27. The van der Waals surface area contributed by atoms with Gasteiger partial charge < -0.3 is 19.1 Å². The molecule has 0 atom stereocenters. The van der Waals surface area contributed by atoms with Gasteiger partial charge in [0.15, 0.2) is 0 Å². The summed E-state index contributed by atoms with van der Waals surface area (Å²) in [4.78, 5) is 2.37. The highest BCUT2D eigenvalue weighted by molar-refractivity contribution is 6.03. The summed E-state index contributed by atoms with van der Waals surface area (Å²) in [6.07, 6.45) is 0.871. The predicted molar refractivity (Wildman–Crippen MR) is 135 cm³/mol. The van der Waals surface area contributed by atoms with Crippen molar-refractivity contribution < 1.29 is 14.2 Å². The van der Waals surface area contributed by atoms with Crippen molar-refractivity contribution in [3.63, 3.8) is 0 Å². The highest BCUT2D eigenvalue weighted by atomic mass is 16.5. The van der Waals surface area contributed by atoms with Crippen LogP contribution in [-0.4, -0.2) is 45.4 Å². The Bertz CT molecular complexity index is 1100. The first kappa shape index (κ1) is 22.9. The molecule has 0 bridgehead atoms. The minimum Gasteiger partial charge on any atom is -0.497 e. The van der Waals surface area contributed by atoms with E-state index in [1.165, 1.54) is 33.4 Å². The van der Waals surface area contributed by atoms with Gasteiger partial charge in [0, 0.05) is 6.54 Å². The molecular formula is C29H33NO3. The second-order valence-corrected chi connectivity index (χ2v) is 8.18. The third-order valence-electron chi connectivity index (χ3n) is 6.40. The van der Waals surface area contributed by atoms with Gasteiger partial charge in [0.05, 0.1) is 14.2 Å². The summed E-state index contributed by atoms with van der Waals surface area (Å²) in [5, 5.41) is 0. The zero-order valence-corrected chi connectivity index (χ0v) is 20.1. The van der Waals surface area contributed by atoms with Gasteiger partial charge in [-0.15, -0.1) is 0 Å². The van der Waals surface area contributed by atoms with E-state index in [0.29, 0.717) is 6.61 Å². The molecule has 0 unspecified atom stereocenters. The van der Waals surface area contributed by atoms with Gasteiger partial charge >= 0.3 is 0 Å². The fraction of sp³-hybridized carbons (Fsp3) is 0.310. The number of likely N-dealkylation sites (N-methyl/N-ethyl adjacent to an activating group) is 1. The number of fused-ring (bicyclic) bond motifs is 1. The number of hydrogen-bond acceptors (Lipinski definition) is 4. The van der Waals surface area contributed by atoms with E-state index in [1.807, 2.05) is 18.2 Å². The van der Waals surface area contributed by atoms with Crippen molar-refractivity contribution >= 4 is 11.1 Å². The van der Waals surface area contributed by atoms with E-state index in [4.69, 9.17) is 14.2 Å². The summed E-state index contributed by atoms with van der Waals surface area (Å²) >= 11 is 0. The number of benzene rings is 3. The fourth-order valence-electron chi connectivity index (χ4n) is 4.45. The molecule has 0 saturated heterocycles. The number of ether oxygens (including phenoxy) is 3. The third-order valence-corrected chi connectivity index (χ3v) is 6.40. The van der Waals surface area contributed by atoms with E-state index in [2.05, 4.69) is 67.3 Å². The molecule has 0 fully saturated rings. The Morgan fingerprint density at radius 2 is 1.33 bits per heavy atom. The lowest BCUT2D eigenvalue weighted by molar-refractivity contribution is 0.223. The van der Waals surface area contributed by atoms with Crippen molar-refractivity contribution in [3.8, 4) is 17.2 Å². The largest absolute Gasteiger partial charge is 0.497 e. The van der Waals surface area contributed by atoms with Crippen LogP contribution >= 0.6 is 0 Å². The van der Waals surface area contributed by atoms with Crippen molar-refractivity contribution in [1.29, 1.82) is 0 Å². The molecule has 3 aromatic carbocycles. The fourth-order valence-corrected chi connectivity index (χ4v) is 4.45. The molecule has 1 aliphatic carbocycles. The van der Waals surface area contributed by atoms with Crippen molar-refractivity contribution in [3.05, 3.63) is 89.0 Å². The molecule has 172 valence electrons. The van der Waals surface area contributed by atoms with Gasteiger partial charge in [-0.25, -0.2) is 0 Å². The molecule has 0 radical (unpaired) electrons. The molecule has 0 aliphatic heterocycles. The number of rotatable bonds is 10. The molecule has 0 N–H and O–H groups in total. The van der Waals surface area contributed by atoms with Crippen molar-refractivity contribution in [1.82, 2.24) is 4.90 Å². The maximum Gasteiger partial charge on any atom is 0.119 e. The van der Waals surface area contributed by atoms with E-state index in [1.54, 1.807) is 14.2 Å². The van der Waals surface area contributed by atoms with Gasteiger partial charge in [0.2, 0.25) is 0 Å². The summed E-state index contributed by atoms with van der Waals surface area (Å²) < 4.78 is 16.8. The highest BCUT2D eigenvalue weighted by Gasteiger charge is 2.24. The van der Waals surface area contributed by atoms with Crippen LogP contribution in [0.15, 0.2) is 66.7 Å². The number of hydrogen-bond donors (Lipinski definition) is 0. The van der Waals surface area contributed by atoms with Crippen LogP contribution < -0.4 is 14.2 Å². The van der Waals surface area contributed by atoms with Crippen LogP contribution in [0.25, 0.3) is 11.1 Å². The van der Waals surface area contributed by atoms with Crippen molar-refractivity contribution in [2.24, 2.45) is 0 Å². The summed E-state index contributed by atoms with van der Waals surface area (Å²) in [5.41, 5.74) is 7.54. The lowest BCUT2D eigenvalue weighted by Gasteiger charge is -2.18. The Balaban J connectivity index is 1.63. The smallest absolute Gasteiger partial charge is 0.119 e. The zero-order valence-electron chi connectivity index (χ0n) is 20.1. The molecule has 0 aromatic heterocycles.